The van der Waals surface area contributed by atoms with Crippen LogP contribution in [0.4, 0.5) is 0 Å². The smallest absolute Gasteiger partial charge is 0.303 e. The van der Waals surface area contributed by atoms with Crippen molar-refractivity contribution < 1.29 is 19.5 Å². The Bertz CT molecular complexity index is 313. The fourth-order valence-corrected chi connectivity index (χ4v) is 1.88. The van der Waals surface area contributed by atoms with Crippen LogP contribution in [-0.2, 0) is 14.4 Å². The topological polar surface area (TPSA) is 83.5 Å². The summed E-state index contributed by atoms with van der Waals surface area (Å²) < 4.78 is 0. The lowest BCUT2D eigenvalue weighted by Gasteiger charge is -2.19. The van der Waals surface area contributed by atoms with Gasteiger partial charge in [-0.3, -0.25) is 19.7 Å². The van der Waals surface area contributed by atoms with Crippen LogP contribution in [0.2, 0.25) is 0 Å². The zero-order chi connectivity index (χ0) is 14.8. The summed E-state index contributed by atoms with van der Waals surface area (Å²) in [5.41, 5.74) is 0. The first kappa shape index (κ1) is 17.6. The Morgan fingerprint density at radius 2 is 1.74 bits per heavy atom. The summed E-state index contributed by atoms with van der Waals surface area (Å²) in [6, 6.07) is 0. The molecule has 19 heavy (non-hydrogen) atoms. The molecule has 0 aliphatic carbocycles. The Balaban J connectivity index is 4.15. The maximum atomic E-state index is 11.9. The molecule has 0 aliphatic heterocycles. The van der Waals surface area contributed by atoms with E-state index < -0.39 is 5.97 Å². The molecule has 1 atom stereocenters. The van der Waals surface area contributed by atoms with Crippen molar-refractivity contribution in [3.8, 4) is 0 Å². The van der Waals surface area contributed by atoms with Crippen LogP contribution in [0.1, 0.15) is 59.3 Å². The molecule has 110 valence electrons. The molecule has 0 aliphatic rings. The maximum Gasteiger partial charge on any atom is 0.303 e. The van der Waals surface area contributed by atoms with Gasteiger partial charge in [0.05, 0.1) is 0 Å². The lowest BCUT2D eigenvalue weighted by atomic mass is 9.90. The maximum absolute atomic E-state index is 11.9. The number of carbonyl (C=O) groups excluding carboxylic acids is 2. The van der Waals surface area contributed by atoms with Crippen LogP contribution in [0.5, 0.6) is 0 Å². The van der Waals surface area contributed by atoms with Crippen LogP contribution in [0, 0.1) is 11.8 Å². The van der Waals surface area contributed by atoms with Crippen molar-refractivity contribution in [1.29, 1.82) is 0 Å². The first-order chi connectivity index (χ1) is 8.88. The molecule has 0 fully saturated rings. The molecular weight excluding hydrogens is 246 g/mol. The Morgan fingerprint density at radius 3 is 2.21 bits per heavy atom. The number of nitrogens with one attached hydrogen (secondary N) is 1. The molecule has 0 saturated carbocycles. The van der Waals surface area contributed by atoms with Gasteiger partial charge in [0, 0.05) is 18.8 Å². The number of carbonyl (C=O) groups is 3. The van der Waals surface area contributed by atoms with E-state index in [0.29, 0.717) is 0 Å². The third kappa shape index (κ3) is 8.35. The molecular formula is C14H25NO4. The monoisotopic (exact) mass is 271 g/mol. The fraction of sp³-hybridized carbons (Fsp3) is 0.786. The summed E-state index contributed by atoms with van der Waals surface area (Å²) in [5.74, 6) is -1.50. The van der Waals surface area contributed by atoms with Crippen molar-refractivity contribution in [2.24, 2.45) is 11.8 Å². The predicted molar refractivity (Wildman–Crippen MR) is 72.5 cm³/mol. The molecule has 2 amide bonds. The van der Waals surface area contributed by atoms with E-state index >= 15 is 0 Å². The number of unbranched alkanes of at least 4 members (excludes halogenated alkanes) is 1. The molecule has 0 aromatic carbocycles. The molecule has 0 radical (unpaired) electrons. The highest BCUT2D eigenvalue weighted by molar-refractivity contribution is 5.96. The van der Waals surface area contributed by atoms with Gasteiger partial charge in [-0.2, -0.15) is 0 Å². The number of imide groups is 1. The van der Waals surface area contributed by atoms with Crippen molar-refractivity contribution in [3.63, 3.8) is 0 Å². The van der Waals surface area contributed by atoms with Gasteiger partial charge >= 0.3 is 5.97 Å². The highest BCUT2D eigenvalue weighted by atomic mass is 16.4. The average molecular weight is 271 g/mol. The van der Waals surface area contributed by atoms with Gasteiger partial charge in [0.25, 0.3) is 0 Å². The second kappa shape index (κ2) is 9.53. The van der Waals surface area contributed by atoms with Crippen LogP contribution in [0.25, 0.3) is 0 Å². The minimum absolute atomic E-state index is 0.0505. The van der Waals surface area contributed by atoms with Gasteiger partial charge in [-0.25, -0.2) is 0 Å². The molecule has 5 heteroatoms. The second-order valence-corrected chi connectivity index (χ2v) is 5.15. The summed E-state index contributed by atoms with van der Waals surface area (Å²) in [5, 5.41) is 10.8. The van der Waals surface area contributed by atoms with Gasteiger partial charge in [-0.15, -0.1) is 0 Å². The van der Waals surface area contributed by atoms with E-state index in [-0.39, 0.29) is 42.9 Å². The van der Waals surface area contributed by atoms with Crippen molar-refractivity contribution in [3.05, 3.63) is 0 Å². The number of carboxylic acids is 1. The number of amides is 2. The number of rotatable bonds is 9. The lowest BCUT2D eigenvalue weighted by molar-refractivity contribution is -0.137. The second-order valence-electron chi connectivity index (χ2n) is 5.15. The summed E-state index contributed by atoms with van der Waals surface area (Å²) in [7, 11) is 0. The minimum Gasteiger partial charge on any atom is -0.481 e. The third-order valence-electron chi connectivity index (χ3n) is 3.07. The summed E-state index contributed by atoms with van der Waals surface area (Å²) in [6.07, 6.45) is 3.05. The van der Waals surface area contributed by atoms with Gasteiger partial charge in [0.15, 0.2) is 0 Å². The standard InChI is InChI=1S/C14H25NO4/c1-4-5-7-11(10(2)3)14(19)15-12(16)8-6-9-13(17)18/h10-11H,4-9H2,1-3H3,(H,17,18)(H,15,16,19). The van der Waals surface area contributed by atoms with E-state index in [2.05, 4.69) is 12.2 Å². The van der Waals surface area contributed by atoms with Crippen molar-refractivity contribution in [2.75, 3.05) is 0 Å². The molecule has 0 aromatic rings. The van der Waals surface area contributed by atoms with Crippen molar-refractivity contribution in [2.45, 2.75) is 59.3 Å². The summed E-state index contributed by atoms with van der Waals surface area (Å²) >= 11 is 0. The molecule has 0 rings (SSSR count). The fourth-order valence-electron chi connectivity index (χ4n) is 1.88. The van der Waals surface area contributed by atoms with E-state index in [9.17, 15) is 14.4 Å². The van der Waals surface area contributed by atoms with Gasteiger partial charge in [0.2, 0.25) is 11.8 Å². The van der Waals surface area contributed by atoms with Crippen LogP contribution in [0.3, 0.4) is 0 Å². The Kier molecular flexibility index (Phi) is 8.83. The van der Waals surface area contributed by atoms with E-state index in [0.717, 1.165) is 19.3 Å². The molecule has 0 aromatic heterocycles. The van der Waals surface area contributed by atoms with E-state index in [4.69, 9.17) is 5.11 Å². The highest BCUT2D eigenvalue weighted by Crippen LogP contribution is 2.18. The highest BCUT2D eigenvalue weighted by Gasteiger charge is 2.22. The predicted octanol–water partition coefficient (Wildman–Crippen LogP) is 2.35. The number of hydrogen-bond acceptors (Lipinski definition) is 3. The first-order valence-corrected chi connectivity index (χ1v) is 6.94. The lowest BCUT2D eigenvalue weighted by Crippen LogP contribution is -2.37. The van der Waals surface area contributed by atoms with Crippen LogP contribution in [0.15, 0.2) is 0 Å². The quantitative estimate of drug-likeness (QED) is 0.674. The van der Waals surface area contributed by atoms with Gasteiger partial charge in [0.1, 0.15) is 0 Å². The average Bonchev–Trinajstić information content (AvgIpc) is 2.28. The molecule has 0 bridgehead atoms. The Morgan fingerprint density at radius 1 is 1.11 bits per heavy atom. The van der Waals surface area contributed by atoms with Gasteiger partial charge < -0.3 is 5.11 Å². The summed E-state index contributed by atoms with van der Waals surface area (Å²) in [4.78, 5) is 33.8. The Labute approximate surface area is 114 Å². The third-order valence-corrected chi connectivity index (χ3v) is 3.07. The van der Waals surface area contributed by atoms with Gasteiger partial charge in [-0.05, 0) is 18.8 Å². The zero-order valence-corrected chi connectivity index (χ0v) is 12.1. The van der Waals surface area contributed by atoms with Crippen molar-refractivity contribution >= 4 is 17.8 Å². The van der Waals surface area contributed by atoms with Crippen LogP contribution in [-0.4, -0.2) is 22.9 Å². The molecule has 0 saturated heterocycles. The number of aliphatic carboxylic acids is 1. The number of carboxylic acid groups (broad SMARTS) is 1. The Hall–Kier alpha value is -1.39. The number of hydrogen-bond donors (Lipinski definition) is 2. The SMILES string of the molecule is CCCCC(C(=O)NC(=O)CCCC(=O)O)C(C)C. The van der Waals surface area contributed by atoms with Crippen molar-refractivity contribution in [1.82, 2.24) is 5.32 Å². The molecule has 2 N–H and O–H groups in total. The molecule has 1 unspecified atom stereocenters. The van der Waals surface area contributed by atoms with Crippen LogP contribution < -0.4 is 5.32 Å². The molecule has 5 nitrogen and oxygen atoms in total. The summed E-state index contributed by atoms with van der Waals surface area (Å²) in [6.45, 7) is 6.00. The first-order valence-electron chi connectivity index (χ1n) is 6.94. The molecule has 0 spiro atoms. The van der Waals surface area contributed by atoms with E-state index in [1.54, 1.807) is 0 Å². The van der Waals surface area contributed by atoms with Crippen LogP contribution >= 0.6 is 0 Å². The zero-order valence-electron chi connectivity index (χ0n) is 12.1. The van der Waals surface area contributed by atoms with Gasteiger partial charge in [-0.1, -0.05) is 33.6 Å². The normalized spacial score (nSPS) is 12.2. The van der Waals surface area contributed by atoms with E-state index in [1.165, 1.54) is 0 Å². The largest absolute Gasteiger partial charge is 0.481 e. The molecule has 0 heterocycles. The minimum atomic E-state index is -0.929. The van der Waals surface area contributed by atoms with E-state index in [1.807, 2.05) is 13.8 Å².